The first-order chi connectivity index (χ1) is 16.1. The third kappa shape index (κ3) is 7.93. The highest BCUT2D eigenvalue weighted by Crippen LogP contribution is 2.25. The SMILES string of the molecule is CC[C@H](C(=O)NC(C)(C)C)N(Cc1ccccc1C)C(=O)CN(c1ccc(F)c(Cl)c1)S(C)(=O)=O. The van der Waals surface area contributed by atoms with Crippen molar-refractivity contribution in [3.8, 4) is 0 Å². The number of rotatable bonds is 9. The van der Waals surface area contributed by atoms with Crippen LogP contribution in [0.5, 0.6) is 0 Å². The molecule has 0 saturated carbocycles. The minimum absolute atomic E-state index is 0.0512. The van der Waals surface area contributed by atoms with E-state index in [1.807, 2.05) is 52.0 Å². The molecular weight excluding hydrogens is 493 g/mol. The zero-order valence-corrected chi connectivity index (χ0v) is 22.5. The van der Waals surface area contributed by atoms with E-state index in [1.165, 1.54) is 11.0 Å². The van der Waals surface area contributed by atoms with Crippen LogP contribution in [0.3, 0.4) is 0 Å². The van der Waals surface area contributed by atoms with Gasteiger partial charge in [0, 0.05) is 12.1 Å². The molecule has 35 heavy (non-hydrogen) atoms. The summed E-state index contributed by atoms with van der Waals surface area (Å²) in [7, 11) is -3.93. The highest BCUT2D eigenvalue weighted by atomic mass is 35.5. The Morgan fingerprint density at radius 3 is 2.29 bits per heavy atom. The zero-order valence-electron chi connectivity index (χ0n) is 20.9. The Balaban J connectivity index is 2.49. The number of carbonyl (C=O) groups is 2. The summed E-state index contributed by atoms with van der Waals surface area (Å²) >= 11 is 5.86. The van der Waals surface area contributed by atoms with Crippen LogP contribution in [0, 0.1) is 12.7 Å². The average Bonchev–Trinajstić information content (AvgIpc) is 2.73. The maximum Gasteiger partial charge on any atom is 0.244 e. The Morgan fingerprint density at radius 2 is 1.77 bits per heavy atom. The Labute approximate surface area is 212 Å². The van der Waals surface area contributed by atoms with Crippen LogP contribution >= 0.6 is 11.6 Å². The van der Waals surface area contributed by atoms with Crippen LogP contribution in [-0.4, -0.2) is 49.5 Å². The summed E-state index contributed by atoms with van der Waals surface area (Å²) in [6.45, 7) is 8.75. The van der Waals surface area contributed by atoms with Crippen molar-refractivity contribution in [2.24, 2.45) is 0 Å². The van der Waals surface area contributed by atoms with E-state index in [2.05, 4.69) is 5.32 Å². The molecule has 2 aromatic carbocycles. The van der Waals surface area contributed by atoms with E-state index < -0.39 is 39.9 Å². The van der Waals surface area contributed by atoms with Crippen molar-refractivity contribution in [3.05, 3.63) is 64.4 Å². The fourth-order valence-electron chi connectivity index (χ4n) is 3.60. The van der Waals surface area contributed by atoms with Crippen molar-refractivity contribution >= 4 is 39.1 Å². The molecule has 0 saturated heterocycles. The van der Waals surface area contributed by atoms with E-state index in [-0.39, 0.29) is 23.2 Å². The molecule has 0 heterocycles. The molecule has 0 radical (unpaired) electrons. The lowest BCUT2D eigenvalue weighted by molar-refractivity contribution is -0.141. The number of carbonyl (C=O) groups excluding carboxylic acids is 2. The maximum atomic E-state index is 13.7. The summed E-state index contributed by atoms with van der Waals surface area (Å²) in [6, 6.07) is 10.1. The number of aryl methyl sites for hydroxylation is 1. The number of sulfonamides is 1. The number of nitrogens with zero attached hydrogens (tertiary/aromatic N) is 2. The van der Waals surface area contributed by atoms with Gasteiger partial charge in [0.15, 0.2) is 0 Å². The summed E-state index contributed by atoms with van der Waals surface area (Å²) in [5, 5.41) is 2.64. The van der Waals surface area contributed by atoms with Crippen molar-refractivity contribution in [2.75, 3.05) is 17.1 Å². The fraction of sp³-hybridized carbons (Fsp3) is 0.440. The van der Waals surface area contributed by atoms with Crippen LogP contribution in [0.15, 0.2) is 42.5 Å². The fourth-order valence-corrected chi connectivity index (χ4v) is 4.61. The number of nitrogens with one attached hydrogen (secondary N) is 1. The molecule has 2 aromatic rings. The monoisotopic (exact) mass is 525 g/mol. The highest BCUT2D eigenvalue weighted by molar-refractivity contribution is 7.92. The van der Waals surface area contributed by atoms with Crippen molar-refractivity contribution in [3.63, 3.8) is 0 Å². The molecule has 0 fully saturated rings. The van der Waals surface area contributed by atoms with E-state index >= 15 is 0 Å². The van der Waals surface area contributed by atoms with E-state index in [0.717, 1.165) is 33.8 Å². The number of amides is 2. The summed E-state index contributed by atoms with van der Waals surface area (Å²) in [6.07, 6.45) is 1.27. The van der Waals surface area contributed by atoms with Crippen molar-refractivity contribution in [2.45, 2.75) is 59.2 Å². The molecule has 10 heteroatoms. The Hall–Kier alpha value is -2.65. The molecule has 0 aromatic heterocycles. The van der Waals surface area contributed by atoms with Gasteiger partial charge in [-0.3, -0.25) is 13.9 Å². The van der Waals surface area contributed by atoms with E-state index in [1.54, 1.807) is 6.92 Å². The van der Waals surface area contributed by atoms with Gasteiger partial charge >= 0.3 is 0 Å². The average molecular weight is 526 g/mol. The second kappa shape index (κ2) is 11.4. The van der Waals surface area contributed by atoms with Crippen molar-refractivity contribution < 1.29 is 22.4 Å². The van der Waals surface area contributed by atoms with Crippen LogP contribution in [-0.2, 0) is 26.2 Å². The predicted octanol–water partition coefficient (Wildman–Crippen LogP) is 4.28. The molecule has 0 spiro atoms. The summed E-state index contributed by atoms with van der Waals surface area (Å²) in [5.41, 5.74) is 1.29. The minimum Gasteiger partial charge on any atom is -0.350 e. The number of anilines is 1. The summed E-state index contributed by atoms with van der Waals surface area (Å²) < 4.78 is 39.7. The lowest BCUT2D eigenvalue weighted by atomic mass is 10.0. The zero-order chi connectivity index (χ0) is 26.6. The van der Waals surface area contributed by atoms with Crippen LogP contribution in [0.1, 0.15) is 45.2 Å². The highest BCUT2D eigenvalue weighted by Gasteiger charge is 2.33. The van der Waals surface area contributed by atoms with Crippen LogP contribution < -0.4 is 9.62 Å². The molecule has 192 valence electrons. The lowest BCUT2D eigenvalue weighted by Crippen LogP contribution is -2.55. The van der Waals surface area contributed by atoms with Crippen molar-refractivity contribution in [1.29, 1.82) is 0 Å². The number of halogens is 2. The Kier molecular flexibility index (Phi) is 9.30. The molecule has 0 bridgehead atoms. The maximum absolute atomic E-state index is 13.7. The molecule has 2 rings (SSSR count). The van der Waals surface area contributed by atoms with Crippen LogP contribution in [0.2, 0.25) is 5.02 Å². The molecule has 0 unspecified atom stereocenters. The first-order valence-corrected chi connectivity index (χ1v) is 13.5. The standard InChI is InChI=1S/C25H33ClFN3O4S/c1-7-22(24(32)28-25(3,4)5)29(15-18-11-9-8-10-17(18)2)23(31)16-30(35(6,33)34)19-12-13-21(27)20(26)14-19/h8-14,22H,7,15-16H2,1-6H3,(H,28,32)/t22-/m1/s1. The van der Waals surface area contributed by atoms with E-state index in [4.69, 9.17) is 11.6 Å². The molecule has 0 aliphatic rings. The van der Waals surface area contributed by atoms with Gasteiger partial charge in [0.1, 0.15) is 18.4 Å². The van der Waals surface area contributed by atoms with Gasteiger partial charge in [-0.15, -0.1) is 0 Å². The van der Waals surface area contributed by atoms with Gasteiger partial charge in [-0.05, 0) is 63.4 Å². The van der Waals surface area contributed by atoms with Gasteiger partial charge in [0.2, 0.25) is 21.8 Å². The van der Waals surface area contributed by atoms with E-state index in [9.17, 15) is 22.4 Å². The third-order valence-corrected chi connectivity index (χ3v) is 6.79. The molecule has 1 atom stereocenters. The molecule has 2 amide bonds. The van der Waals surface area contributed by atoms with Gasteiger partial charge in [0.05, 0.1) is 17.0 Å². The second-order valence-corrected chi connectivity index (χ2v) is 11.8. The predicted molar refractivity (Wildman–Crippen MR) is 137 cm³/mol. The second-order valence-electron chi connectivity index (χ2n) is 9.48. The molecule has 0 aliphatic carbocycles. The van der Waals surface area contributed by atoms with Crippen LogP contribution in [0.4, 0.5) is 10.1 Å². The van der Waals surface area contributed by atoms with Gasteiger partial charge in [0.25, 0.3) is 0 Å². The smallest absolute Gasteiger partial charge is 0.244 e. The lowest BCUT2D eigenvalue weighted by Gasteiger charge is -2.34. The Morgan fingerprint density at radius 1 is 1.14 bits per heavy atom. The number of hydrogen-bond donors (Lipinski definition) is 1. The first-order valence-electron chi connectivity index (χ1n) is 11.2. The normalized spacial score (nSPS) is 12.7. The first kappa shape index (κ1) is 28.6. The van der Waals surface area contributed by atoms with Gasteiger partial charge in [-0.2, -0.15) is 0 Å². The van der Waals surface area contributed by atoms with Gasteiger partial charge in [-0.1, -0.05) is 42.8 Å². The Bertz CT molecular complexity index is 1180. The summed E-state index contributed by atoms with van der Waals surface area (Å²) in [4.78, 5) is 28.2. The van der Waals surface area contributed by atoms with Gasteiger partial charge < -0.3 is 10.2 Å². The molecule has 7 nitrogen and oxygen atoms in total. The van der Waals surface area contributed by atoms with Crippen LogP contribution in [0.25, 0.3) is 0 Å². The largest absolute Gasteiger partial charge is 0.350 e. The van der Waals surface area contributed by atoms with Gasteiger partial charge in [-0.25, -0.2) is 12.8 Å². The number of hydrogen-bond acceptors (Lipinski definition) is 4. The molecular formula is C25H33ClFN3O4S. The molecule has 0 aliphatic heterocycles. The third-order valence-electron chi connectivity index (χ3n) is 5.36. The van der Waals surface area contributed by atoms with Crippen molar-refractivity contribution in [1.82, 2.24) is 10.2 Å². The minimum atomic E-state index is -3.93. The quantitative estimate of drug-likeness (QED) is 0.529. The van der Waals surface area contributed by atoms with E-state index in [0.29, 0.717) is 6.42 Å². The number of benzene rings is 2. The topological polar surface area (TPSA) is 86.8 Å². The summed E-state index contributed by atoms with van der Waals surface area (Å²) in [5.74, 6) is -1.62. The molecule has 1 N–H and O–H groups in total.